The number of rotatable bonds is 19. The Balaban J connectivity index is 0.533. The fourth-order valence-corrected chi connectivity index (χ4v) is 18.7. The highest BCUT2D eigenvalue weighted by molar-refractivity contribution is 5.93. The molecule has 580 valence electrons. The average molecular weight is 1560 g/mol. The van der Waals surface area contributed by atoms with Crippen LogP contribution in [0.25, 0.3) is 111 Å². The Kier molecular flexibility index (Phi) is 19.0. The number of para-hydroxylation sites is 2. The van der Waals surface area contributed by atoms with Crippen molar-refractivity contribution >= 4 is 79.0 Å². The summed E-state index contributed by atoms with van der Waals surface area (Å²) in [6, 6.07) is 169. The summed E-state index contributed by atoms with van der Waals surface area (Å²) in [5.41, 5.74) is 39.8. The Morgan fingerprint density at radius 2 is 0.336 bits per heavy atom. The Morgan fingerprint density at radius 1 is 0.131 bits per heavy atom. The molecule has 0 aromatic heterocycles. The first-order valence-corrected chi connectivity index (χ1v) is 42.3. The van der Waals surface area contributed by atoms with Gasteiger partial charge in [-0.1, -0.05) is 331 Å². The Morgan fingerprint density at radius 3 is 0.689 bits per heavy atom. The molecule has 0 saturated heterocycles. The van der Waals surface area contributed by atoms with Crippen molar-refractivity contribution in [3.63, 3.8) is 0 Å². The number of fused-ring (bicyclic) bond motifs is 7. The van der Waals surface area contributed by atoms with Crippen LogP contribution in [0.2, 0.25) is 0 Å². The van der Waals surface area contributed by atoms with Crippen LogP contribution in [0.5, 0.6) is 0 Å². The van der Waals surface area contributed by atoms with Crippen molar-refractivity contribution < 1.29 is 0 Å². The summed E-state index contributed by atoms with van der Waals surface area (Å²) < 4.78 is 0. The zero-order chi connectivity index (χ0) is 81.8. The first-order chi connectivity index (χ1) is 59.9. The summed E-state index contributed by atoms with van der Waals surface area (Å²) in [6.07, 6.45) is 0. The van der Waals surface area contributed by atoms with E-state index in [-0.39, 0.29) is 10.8 Å². The predicted molar refractivity (Wildman–Crippen MR) is 516 cm³/mol. The molecule has 0 bridgehead atoms. The minimum absolute atomic E-state index is 0.106. The van der Waals surface area contributed by atoms with Gasteiger partial charge in [0, 0.05) is 79.1 Å². The highest BCUT2D eigenvalue weighted by Gasteiger charge is 2.38. The van der Waals surface area contributed by atoms with E-state index >= 15 is 0 Å². The van der Waals surface area contributed by atoms with Crippen LogP contribution in [0.1, 0.15) is 49.9 Å². The number of hydrogen-bond donors (Lipinski definition) is 0. The van der Waals surface area contributed by atoms with E-state index in [1.165, 1.54) is 99.8 Å². The summed E-state index contributed by atoms with van der Waals surface area (Å²) in [5.74, 6) is 0. The van der Waals surface area contributed by atoms with Gasteiger partial charge in [-0.2, -0.15) is 0 Å². The number of benzene rings is 19. The summed E-state index contributed by atoms with van der Waals surface area (Å²) in [4.78, 5) is 9.50. The predicted octanol–water partition coefficient (Wildman–Crippen LogP) is 33.0. The molecule has 0 unspecified atom stereocenters. The molecule has 0 spiro atoms. The molecule has 0 aliphatic heterocycles. The Bertz CT molecular complexity index is 6930. The third kappa shape index (κ3) is 13.9. The Hall–Kier alpha value is -15.4. The van der Waals surface area contributed by atoms with E-state index < -0.39 is 0 Å². The third-order valence-electron chi connectivity index (χ3n) is 25.3. The van der Waals surface area contributed by atoms with Crippen molar-refractivity contribution in [2.75, 3.05) is 19.6 Å². The average Bonchev–Trinajstić information content (AvgIpc) is 1.56. The quantitative estimate of drug-likeness (QED) is 0.0800. The van der Waals surface area contributed by atoms with E-state index in [2.05, 4.69) is 508 Å². The Labute approximate surface area is 715 Å². The molecule has 21 rings (SSSR count). The van der Waals surface area contributed by atoms with Gasteiger partial charge in [0.2, 0.25) is 0 Å². The first kappa shape index (κ1) is 74.2. The summed E-state index contributed by atoms with van der Waals surface area (Å²) in [6.45, 7) is 9.49. The monoisotopic (exact) mass is 1560 g/mol. The summed E-state index contributed by atoms with van der Waals surface area (Å²) >= 11 is 0. The lowest BCUT2D eigenvalue weighted by molar-refractivity contribution is 0.660. The fraction of sp³-hybridized carbons (Fsp3) is 0.0508. The van der Waals surface area contributed by atoms with Crippen molar-refractivity contribution in [2.45, 2.75) is 38.5 Å². The smallest absolute Gasteiger partial charge is 0.0465 e. The largest absolute Gasteiger partial charge is 0.311 e. The molecule has 4 nitrogen and oxygen atoms in total. The zero-order valence-corrected chi connectivity index (χ0v) is 68.7. The zero-order valence-electron chi connectivity index (χ0n) is 68.7. The normalized spacial score (nSPS) is 12.6. The van der Waals surface area contributed by atoms with Gasteiger partial charge in [0.1, 0.15) is 0 Å². The first-order valence-electron chi connectivity index (χ1n) is 42.3. The second kappa shape index (κ2) is 31.2. The minimum atomic E-state index is -0.267. The number of anilines is 12. The topological polar surface area (TPSA) is 13.0 Å². The third-order valence-corrected chi connectivity index (χ3v) is 25.3. The minimum Gasteiger partial charge on any atom is -0.311 e. The van der Waals surface area contributed by atoms with Crippen LogP contribution >= 0.6 is 0 Å². The van der Waals surface area contributed by atoms with Crippen LogP contribution in [0.15, 0.2) is 461 Å². The summed E-state index contributed by atoms with van der Waals surface area (Å²) in [5, 5.41) is 2.47. The van der Waals surface area contributed by atoms with Gasteiger partial charge in [-0.05, 0) is 291 Å². The SMILES string of the molecule is CC1(C)c2ccccc2-c2ccc(N(c3ccccc3)c3ccc(-c4ccc(N(c5ccccc5)c5ccc6c(c5)C(C)(C)c5cc(-c7ccc(-c8ccc(N(c9ccc(-c%10ccc(N(c%11ccc(-c%12ccccc%12)cc%11)c%11ccc(-c%12ccccc%12)cc%11)cc%10)cc9)c9ccc(-c%10ccc%11ccccc%11c%10)cc9)cc8)cc7)ccc5-6)cc4)cc3)cc21. The van der Waals surface area contributed by atoms with Gasteiger partial charge in [-0.3, -0.25) is 0 Å². The molecule has 122 heavy (non-hydrogen) atoms. The molecule has 0 radical (unpaired) electrons. The second-order valence-corrected chi connectivity index (χ2v) is 33.3. The van der Waals surface area contributed by atoms with Crippen LogP contribution in [-0.4, -0.2) is 0 Å². The lowest BCUT2D eigenvalue weighted by atomic mass is 9.81. The molecule has 0 N–H and O–H groups in total. The molecule has 19 aromatic rings. The van der Waals surface area contributed by atoms with Gasteiger partial charge in [-0.25, -0.2) is 0 Å². The molecule has 4 heteroatoms. The van der Waals surface area contributed by atoms with Crippen molar-refractivity contribution in [1.82, 2.24) is 0 Å². The van der Waals surface area contributed by atoms with Crippen LogP contribution in [0.3, 0.4) is 0 Å². The van der Waals surface area contributed by atoms with Crippen LogP contribution < -0.4 is 19.6 Å². The molecular formula is C118H88N4. The van der Waals surface area contributed by atoms with E-state index in [0.717, 1.165) is 102 Å². The van der Waals surface area contributed by atoms with Gasteiger partial charge >= 0.3 is 0 Å². The molecule has 19 aromatic carbocycles. The summed E-state index contributed by atoms with van der Waals surface area (Å²) in [7, 11) is 0. The molecule has 2 aliphatic carbocycles. The maximum Gasteiger partial charge on any atom is 0.0465 e. The molecule has 0 saturated carbocycles. The van der Waals surface area contributed by atoms with E-state index in [1.807, 2.05) is 0 Å². The van der Waals surface area contributed by atoms with Gasteiger partial charge in [-0.15, -0.1) is 0 Å². The van der Waals surface area contributed by atoms with Gasteiger partial charge in [0.05, 0.1) is 0 Å². The van der Waals surface area contributed by atoms with Gasteiger partial charge in [0.15, 0.2) is 0 Å². The van der Waals surface area contributed by atoms with Crippen LogP contribution in [-0.2, 0) is 10.8 Å². The number of hydrogen-bond acceptors (Lipinski definition) is 4. The maximum absolute atomic E-state index is 2.44. The van der Waals surface area contributed by atoms with E-state index in [1.54, 1.807) is 0 Å². The maximum atomic E-state index is 2.44. The van der Waals surface area contributed by atoms with E-state index in [0.29, 0.717) is 0 Å². The van der Waals surface area contributed by atoms with Crippen molar-refractivity contribution in [3.8, 4) is 100 Å². The lowest BCUT2D eigenvalue weighted by Crippen LogP contribution is -2.16. The molecule has 0 fully saturated rings. The fourth-order valence-electron chi connectivity index (χ4n) is 18.7. The number of nitrogens with zero attached hydrogens (tertiary/aromatic N) is 4. The highest BCUT2D eigenvalue weighted by Crippen LogP contribution is 2.54. The van der Waals surface area contributed by atoms with Gasteiger partial charge in [0.25, 0.3) is 0 Å². The highest BCUT2D eigenvalue weighted by atomic mass is 15.2. The second-order valence-electron chi connectivity index (χ2n) is 33.3. The van der Waals surface area contributed by atoms with Crippen molar-refractivity contribution in [3.05, 3.63) is 483 Å². The van der Waals surface area contributed by atoms with Crippen molar-refractivity contribution in [2.24, 2.45) is 0 Å². The standard InChI is InChI=1S/C118H88N4/c1-117(2)113-32-20-19-31-109(113)111-75-72-107(79-115(111)117)121(97-27-13-7-14-28-97)105-66-49-90(50-67-105)91-51-68-106(69-52-91)122(98-29-15-8-16-30-98)108-73-76-112-110-74-55-96(78-114(110)118(3,4)116(112)80-108)92-35-33-84(34-36-92)87-43-60-101(61-44-87)120(104-70-53-93(54-71-104)95-38-37-83-25-17-18-26-94(83)77-95)103-64-47-89(48-65-103)88-45-62-102(63-46-88)119(99-56-39-85(40-57-99)81-21-9-5-10-22-81)100-58-41-86(42-59-100)82-23-11-6-12-24-82/h5-80H,1-4H3. The molecule has 0 atom stereocenters. The van der Waals surface area contributed by atoms with Gasteiger partial charge < -0.3 is 19.6 Å². The van der Waals surface area contributed by atoms with E-state index in [4.69, 9.17) is 0 Å². The molecular weight excluding hydrogens is 1470 g/mol. The van der Waals surface area contributed by atoms with E-state index in [9.17, 15) is 0 Å². The molecule has 0 amide bonds. The lowest BCUT2D eigenvalue weighted by Gasteiger charge is -2.28. The molecule has 0 heterocycles. The molecule has 2 aliphatic rings. The van der Waals surface area contributed by atoms with Crippen LogP contribution in [0.4, 0.5) is 68.2 Å². The van der Waals surface area contributed by atoms with Crippen LogP contribution in [0, 0.1) is 0 Å². The van der Waals surface area contributed by atoms with Crippen molar-refractivity contribution in [1.29, 1.82) is 0 Å².